The molecule has 0 amide bonds. The molecule has 1 saturated carbocycles. The molecule has 0 aromatic carbocycles. The van der Waals surface area contributed by atoms with Gasteiger partial charge in [0.2, 0.25) is 5.79 Å². The largest absolute Gasteiger partial charge is 0.458 e. The molecule has 2 aliphatic carbocycles. The van der Waals surface area contributed by atoms with Gasteiger partial charge in [-0.1, -0.05) is 25.7 Å². The number of hydrogen-bond acceptors (Lipinski definition) is 8. The van der Waals surface area contributed by atoms with Crippen LogP contribution in [0.25, 0.3) is 0 Å². The van der Waals surface area contributed by atoms with Crippen molar-refractivity contribution in [2.75, 3.05) is 0 Å². The SMILES string of the molecule is C=C1C(=O)O[C@@H]2[C@H]1[C@@H](OC(=O)[C@@]1(C)O[C@H]1C)[C@@]1(O)OO[C@]3(C)CC=C[C@@]1(C)[C@H]23. The minimum atomic E-state index is -2.02. The molecule has 0 aromatic heterocycles. The molecule has 0 spiro atoms. The van der Waals surface area contributed by atoms with Crippen molar-refractivity contribution in [3.05, 3.63) is 24.3 Å². The Labute approximate surface area is 162 Å². The van der Waals surface area contributed by atoms with E-state index in [2.05, 4.69) is 6.58 Å². The summed E-state index contributed by atoms with van der Waals surface area (Å²) < 4.78 is 16.8. The van der Waals surface area contributed by atoms with Gasteiger partial charge in [-0.15, -0.1) is 0 Å². The lowest BCUT2D eigenvalue weighted by molar-refractivity contribution is -0.554. The van der Waals surface area contributed by atoms with Gasteiger partial charge in [0.15, 0.2) is 11.7 Å². The average Bonchev–Trinajstić information content (AvgIpc) is 3.14. The van der Waals surface area contributed by atoms with E-state index in [0.29, 0.717) is 6.42 Å². The number of fused-ring (bicyclic) bond motifs is 1. The molecule has 4 bridgehead atoms. The van der Waals surface area contributed by atoms with Gasteiger partial charge < -0.3 is 19.3 Å². The molecule has 3 heterocycles. The second kappa shape index (κ2) is 5.05. The summed E-state index contributed by atoms with van der Waals surface area (Å²) in [6.45, 7) is 10.9. The van der Waals surface area contributed by atoms with Crippen LogP contribution in [0.2, 0.25) is 0 Å². The normalized spacial score (nSPS) is 56.1. The van der Waals surface area contributed by atoms with Crippen molar-refractivity contribution in [1.29, 1.82) is 0 Å². The Kier molecular flexibility index (Phi) is 3.30. The molecule has 28 heavy (non-hydrogen) atoms. The Morgan fingerprint density at radius 2 is 2.00 bits per heavy atom. The molecule has 0 aromatic rings. The first-order valence-corrected chi connectivity index (χ1v) is 9.53. The van der Waals surface area contributed by atoms with Crippen LogP contribution in [0.3, 0.4) is 0 Å². The van der Waals surface area contributed by atoms with Crippen molar-refractivity contribution in [2.24, 2.45) is 17.3 Å². The van der Waals surface area contributed by atoms with Gasteiger partial charge in [0.25, 0.3) is 0 Å². The van der Waals surface area contributed by atoms with E-state index in [0.717, 1.165) is 0 Å². The zero-order valence-corrected chi connectivity index (χ0v) is 16.3. The third kappa shape index (κ3) is 1.89. The number of carbonyl (C=O) groups excluding carboxylic acids is 2. The lowest BCUT2D eigenvalue weighted by atomic mass is 9.50. The fraction of sp³-hybridized carbons (Fsp3) is 0.700. The minimum Gasteiger partial charge on any atom is -0.458 e. The number of epoxide rings is 1. The Morgan fingerprint density at radius 1 is 1.32 bits per heavy atom. The molecule has 4 fully saturated rings. The van der Waals surface area contributed by atoms with E-state index in [1.807, 2.05) is 19.1 Å². The highest BCUT2D eigenvalue weighted by Gasteiger charge is 2.78. The van der Waals surface area contributed by atoms with Crippen LogP contribution in [0.4, 0.5) is 0 Å². The lowest BCUT2D eigenvalue weighted by Crippen LogP contribution is -2.77. The molecule has 8 nitrogen and oxygen atoms in total. The Morgan fingerprint density at radius 3 is 2.64 bits per heavy atom. The van der Waals surface area contributed by atoms with Gasteiger partial charge in [-0.05, 0) is 27.2 Å². The van der Waals surface area contributed by atoms with Gasteiger partial charge in [0, 0.05) is 11.5 Å². The van der Waals surface area contributed by atoms with Crippen LogP contribution in [0.5, 0.6) is 0 Å². The third-order valence-electron chi connectivity index (χ3n) is 7.50. The fourth-order valence-corrected chi connectivity index (χ4v) is 5.54. The first-order chi connectivity index (χ1) is 13.0. The number of carbonyl (C=O) groups is 2. The van der Waals surface area contributed by atoms with Crippen molar-refractivity contribution >= 4 is 11.9 Å². The van der Waals surface area contributed by atoms with Gasteiger partial charge >= 0.3 is 11.9 Å². The van der Waals surface area contributed by atoms with Gasteiger partial charge in [0.1, 0.15) is 11.7 Å². The van der Waals surface area contributed by atoms with Crippen LogP contribution in [-0.4, -0.2) is 52.3 Å². The molecule has 0 unspecified atom stereocenters. The van der Waals surface area contributed by atoms with Crippen LogP contribution < -0.4 is 0 Å². The predicted octanol–water partition coefficient (Wildman–Crippen LogP) is 1.18. The Balaban J connectivity index is 1.63. The number of hydrogen-bond donors (Lipinski definition) is 1. The zero-order chi connectivity index (χ0) is 20.3. The van der Waals surface area contributed by atoms with E-state index in [4.69, 9.17) is 24.0 Å². The molecule has 152 valence electrons. The summed E-state index contributed by atoms with van der Waals surface area (Å²) in [5.41, 5.74) is -2.76. The first kappa shape index (κ1) is 18.3. The summed E-state index contributed by atoms with van der Waals surface area (Å²) in [6.07, 6.45) is 2.07. The summed E-state index contributed by atoms with van der Waals surface area (Å²) in [4.78, 5) is 36.4. The average molecular weight is 392 g/mol. The zero-order valence-electron chi connectivity index (χ0n) is 16.3. The monoisotopic (exact) mass is 392 g/mol. The maximum Gasteiger partial charge on any atom is 0.341 e. The third-order valence-corrected chi connectivity index (χ3v) is 7.50. The molecule has 3 saturated heterocycles. The molecule has 9 atom stereocenters. The van der Waals surface area contributed by atoms with Crippen molar-refractivity contribution in [2.45, 2.75) is 69.4 Å². The van der Waals surface area contributed by atoms with Crippen LogP contribution in [-0.2, 0) is 33.6 Å². The standard InChI is InChI=1S/C20H24O8/c1-9-11-12(24-15(9)21)13-17(3)7-6-8-18(13,4)27-28-20(17,23)14(11)25-16(22)19(5)10(2)26-19/h6-7,10-14,23H,1,8H2,2-5H3/t10-,11-,12+,13-,14+,17-,18+,19-,20+/m0/s1. The molecule has 8 heteroatoms. The van der Waals surface area contributed by atoms with Crippen molar-refractivity contribution in [3.63, 3.8) is 0 Å². The topological polar surface area (TPSA) is 104 Å². The summed E-state index contributed by atoms with van der Waals surface area (Å²) in [7, 11) is 0. The maximum absolute atomic E-state index is 12.8. The predicted molar refractivity (Wildman–Crippen MR) is 92.2 cm³/mol. The molecular formula is C20H24O8. The second-order valence-corrected chi connectivity index (χ2v) is 9.16. The molecule has 3 aliphatic heterocycles. The molecule has 5 aliphatic rings. The smallest absolute Gasteiger partial charge is 0.341 e. The Hall–Kier alpha value is -1.74. The molecule has 0 radical (unpaired) electrons. The second-order valence-electron chi connectivity index (χ2n) is 9.16. The summed E-state index contributed by atoms with van der Waals surface area (Å²) >= 11 is 0. The fourth-order valence-electron chi connectivity index (χ4n) is 5.54. The van der Waals surface area contributed by atoms with Crippen LogP contribution >= 0.6 is 0 Å². The highest BCUT2D eigenvalue weighted by molar-refractivity contribution is 5.91. The van der Waals surface area contributed by atoms with Gasteiger partial charge in [-0.3, -0.25) is 0 Å². The van der Waals surface area contributed by atoms with Crippen LogP contribution in [0.1, 0.15) is 34.1 Å². The van der Waals surface area contributed by atoms with Crippen molar-refractivity contribution in [3.8, 4) is 0 Å². The Bertz CT molecular complexity index is 836. The van der Waals surface area contributed by atoms with E-state index in [9.17, 15) is 14.7 Å². The summed E-state index contributed by atoms with van der Waals surface area (Å²) in [5.74, 6) is -4.37. The van der Waals surface area contributed by atoms with Crippen LogP contribution in [0, 0.1) is 17.3 Å². The van der Waals surface area contributed by atoms with E-state index >= 15 is 0 Å². The van der Waals surface area contributed by atoms with Crippen LogP contribution in [0.15, 0.2) is 24.3 Å². The number of aliphatic hydroxyl groups is 1. The maximum atomic E-state index is 12.8. The van der Waals surface area contributed by atoms with E-state index in [-0.39, 0.29) is 11.7 Å². The number of rotatable bonds is 2. The molecule has 1 N–H and O–H groups in total. The van der Waals surface area contributed by atoms with E-state index in [1.165, 1.54) is 0 Å². The number of esters is 2. The summed E-state index contributed by atoms with van der Waals surface area (Å²) in [5, 5.41) is 11.7. The highest BCUT2D eigenvalue weighted by Crippen LogP contribution is 2.65. The van der Waals surface area contributed by atoms with Crippen molar-refractivity contribution < 1.29 is 38.7 Å². The molecule has 5 rings (SSSR count). The summed E-state index contributed by atoms with van der Waals surface area (Å²) in [6, 6.07) is 0. The van der Waals surface area contributed by atoms with Gasteiger partial charge in [0.05, 0.1) is 17.4 Å². The first-order valence-electron chi connectivity index (χ1n) is 9.53. The van der Waals surface area contributed by atoms with E-state index < -0.39 is 58.4 Å². The van der Waals surface area contributed by atoms with E-state index in [1.54, 1.807) is 20.8 Å². The quantitative estimate of drug-likeness (QED) is 0.246. The number of ether oxygens (including phenoxy) is 3. The molecular weight excluding hydrogens is 368 g/mol. The van der Waals surface area contributed by atoms with Gasteiger partial charge in [-0.25, -0.2) is 14.5 Å². The lowest BCUT2D eigenvalue weighted by Gasteiger charge is -2.64. The highest BCUT2D eigenvalue weighted by atomic mass is 17.2. The van der Waals surface area contributed by atoms with Gasteiger partial charge in [-0.2, -0.15) is 4.89 Å². The van der Waals surface area contributed by atoms with Crippen molar-refractivity contribution in [1.82, 2.24) is 0 Å². The minimum absolute atomic E-state index is 0.153.